The van der Waals surface area contributed by atoms with Gasteiger partial charge in [0.05, 0.1) is 5.69 Å². The lowest BCUT2D eigenvalue weighted by atomic mass is 9.97. The summed E-state index contributed by atoms with van der Waals surface area (Å²) in [6.07, 6.45) is 5.13. The summed E-state index contributed by atoms with van der Waals surface area (Å²) in [7, 11) is 0. The number of carbonyl (C=O) groups is 1. The second-order valence-electron chi connectivity index (χ2n) is 5.27. The van der Waals surface area contributed by atoms with Crippen LogP contribution in [0.15, 0.2) is 12.1 Å². The lowest BCUT2D eigenvalue weighted by Gasteiger charge is -2.17. The first-order chi connectivity index (χ1) is 9.51. The monoisotopic (exact) mass is 278 g/mol. The molecule has 1 aromatic rings. The maximum Gasteiger partial charge on any atom is 0.227 e. The van der Waals surface area contributed by atoms with Crippen molar-refractivity contribution >= 4 is 17.3 Å². The zero-order valence-corrected chi connectivity index (χ0v) is 12.7. The molecule has 0 aliphatic rings. The van der Waals surface area contributed by atoms with Crippen LogP contribution in [0, 0.1) is 12.8 Å². The molecule has 4 nitrogen and oxygen atoms in total. The van der Waals surface area contributed by atoms with Crippen LogP contribution in [0.25, 0.3) is 0 Å². The van der Waals surface area contributed by atoms with Crippen molar-refractivity contribution in [3.8, 4) is 5.75 Å². The van der Waals surface area contributed by atoms with Gasteiger partial charge in [0.2, 0.25) is 5.91 Å². The van der Waals surface area contributed by atoms with E-state index in [9.17, 15) is 9.90 Å². The molecule has 1 rings (SSSR count). The average molecular weight is 278 g/mol. The van der Waals surface area contributed by atoms with Gasteiger partial charge in [0.25, 0.3) is 0 Å². The van der Waals surface area contributed by atoms with Gasteiger partial charge in [-0.15, -0.1) is 0 Å². The second-order valence-corrected chi connectivity index (χ2v) is 5.27. The molecule has 0 bridgehead atoms. The van der Waals surface area contributed by atoms with E-state index < -0.39 is 0 Å². The molecule has 0 radical (unpaired) electrons. The van der Waals surface area contributed by atoms with Crippen LogP contribution in [-0.2, 0) is 4.79 Å². The minimum absolute atomic E-state index is 0.0240. The van der Waals surface area contributed by atoms with Gasteiger partial charge < -0.3 is 16.2 Å². The van der Waals surface area contributed by atoms with Crippen molar-refractivity contribution in [3.63, 3.8) is 0 Å². The number of unbranched alkanes of at least 4 members (excludes halogenated alkanes) is 2. The third-order valence-corrected chi connectivity index (χ3v) is 3.74. The Hall–Kier alpha value is -1.71. The summed E-state index contributed by atoms with van der Waals surface area (Å²) in [5.74, 6) is 0.0957. The number of rotatable bonds is 7. The summed E-state index contributed by atoms with van der Waals surface area (Å²) in [6.45, 7) is 5.93. The van der Waals surface area contributed by atoms with Gasteiger partial charge in [-0.05, 0) is 31.9 Å². The van der Waals surface area contributed by atoms with Crippen molar-refractivity contribution in [2.75, 3.05) is 11.1 Å². The summed E-state index contributed by atoms with van der Waals surface area (Å²) >= 11 is 0. The molecule has 112 valence electrons. The molecular formula is C16H26N2O2. The lowest BCUT2D eigenvalue weighted by molar-refractivity contribution is -0.120. The molecule has 0 aliphatic carbocycles. The van der Waals surface area contributed by atoms with Crippen LogP contribution in [0.5, 0.6) is 5.75 Å². The molecule has 4 heteroatoms. The molecular weight excluding hydrogens is 252 g/mol. The molecule has 0 heterocycles. The van der Waals surface area contributed by atoms with Crippen molar-refractivity contribution in [1.82, 2.24) is 0 Å². The Morgan fingerprint density at radius 3 is 2.65 bits per heavy atom. The Labute approximate surface area is 121 Å². The smallest absolute Gasteiger partial charge is 0.227 e. The first-order valence-corrected chi connectivity index (χ1v) is 7.40. The van der Waals surface area contributed by atoms with E-state index in [0.29, 0.717) is 16.9 Å². The number of nitrogens with two attached hydrogens (primary N) is 1. The Morgan fingerprint density at radius 2 is 2.05 bits per heavy atom. The first kappa shape index (κ1) is 16.3. The van der Waals surface area contributed by atoms with Crippen LogP contribution in [0.1, 0.15) is 51.5 Å². The molecule has 1 aromatic carbocycles. The van der Waals surface area contributed by atoms with Crippen LogP contribution >= 0.6 is 0 Å². The van der Waals surface area contributed by atoms with E-state index in [1.54, 1.807) is 19.1 Å². The van der Waals surface area contributed by atoms with E-state index in [2.05, 4.69) is 12.2 Å². The molecule has 0 aromatic heterocycles. The van der Waals surface area contributed by atoms with Crippen molar-refractivity contribution in [2.45, 2.75) is 52.9 Å². The molecule has 0 saturated heterocycles. The Balaban J connectivity index is 2.71. The summed E-state index contributed by atoms with van der Waals surface area (Å²) in [5, 5.41) is 12.7. The molecule has 0 aliphatic heterocycles. The molecule has 0 fully saturated rings. The maximum absolute atomic E-state index is 12.3. The van der Waals surface area contributed by atoms with Gasteiger partial charge in [0.1, 0.15) is 5.75 Å². The molecule has 0 spiro atoms. The number of hydrogen-bond donors (Lipinski definition) is 3. The van der Waals surface area contributed by atoms with E-state index in [-0.39, 0.29) is 17.6 Å². The Bertz CT molecular complexity index is 458. The second kappa shape index (κ2) is 7.78. The number of amides is 1. The fraction of sp³-hybridized carbons (Fsp3) is 0.562. The average Bonchev–Trinajstić information content (AvgIpc) is 2.44. The fourth-order valence-corrected chi connectivity index (χ4v) is 2.25. The number of nitrogen functional groups attached to an aromatic ring is 1. The van der Waals surface area contributed by atoms with Gasteiger partial charge in [-0.2, -0.15) is 0 Å². The molecule has 1 amide bonds. The number of hydrogen-bond acceptors (Lipinski definition) is 3. The van der Waals surface area contributed by atoms with Gasteiger partial charge in [-0.25, -0.2) is 0 Å². The third-order valence-electron chi connectivity index (χ3n) is 3.74. The van der Waals surface area contributed by atoms with Gasteiger partial charge >= 0.3 is 0 Å². The van der Waals surface area contributed by atoms with Crippen molar-refractivity contribution in [1.29, 1.82) is 0 Å². The molecule has 1 unspecified atom stereocenters. The van der Waals surface area contributed by atoms with E-state index in [1.807, 2.05) is 6.92 Å². The fourth-order valence-electron chi connectivity index (χ4n) is 2.25. The van der Waals surface area contributed by atoms with Crippen LogP contribution in [0.4, 0.5) is 11.4 Å². The summed E-state index contributed by atoms with van der Waals surface area (Å²) < 4.78 is 0. The zero-order chi connectivity index (χ0) is 15.1. The summed E-state index contributed by atoms with van der Waals surface area (Å²) in [6, 6.07) is 3.34. The topological polar surface area (TPSA) is 75.4 Å². The number of aromatic hydroxyl groups is 1. The summed E-state index contributed by atoms with van der Waals surface area (Å²) in [5.41, 5.74) is 7.20. The van der Waals surface area contributed by atoms with Gasteiger partial charge in [0.15, 0.2) is 0 Å². The van der Waals surface area contributed by atoms with E-state index in [1.165, 1.54) is 0 Å². The highest BCUT2D eigenvalue weighted by molar-refractivity contribution is 5.94. The number of phenolic OH excluding ortho intramolecular Hbond substituents is 1. The van der Waals surface area contributed by atoms with Crippen LogP contribution in [-0.4, -0.2) is 11.0 Å². The molecule has 1 atom stereocenters. The predicted molar refractivity (Wildman–Crippen MR) is 83.8 cm³/mol. The number of benzene rings is 1. The van der Waals surface area contributed by atoms with Crippen molar-refractivity contribution < 1.29 is 9.90 Å². The van der Waals surface area contributed by atoms with E-state index >= 15 is 0 Å². The zero-order valence-electron chi connectivity index (χ0n) is 12.7. The van der Waals surface area contributed by atoms with Crippen LogP contribution in [0.2, 0.25) is 0 Å². The Morgan fingerprint density at radius 1 is 1.35 bits per heavy atom. The minimum atomic E-state index is 0.0240. The first-order valence-electron chi connectivity index (χ1n) is 7.40. The van der Waals surface area contributed by atoms with E-state index in [0.717, 1.165) is 32.1 Å². The third kappa shape index (κ3) is 4.15. The highest BCUT2D eigenvalue weighted by Gasteiger charge is 2.17. The molecule has 0 saturated carbocycles. The molecule has 4 N–H and O–H groups in total. The quantitative estimate of drug-likeness (QED) is 0.403. The number of carbonyl (C=O) groups excluding carboxylic acids is 1. The van der Waals surface area contributed by atoms with E-state index in [4.69, 9.17) is 5.73 Å². The van der Waals surface area contributed by atoms with Crippen molar-refractivity contribution in [2.24, 2.45) is 5.92 Å². The summed E-state index contributed by atoms with van der Waals surface area (Å²) in [4.78, 5) is 12.3. The predicted octanol–water partition coefficient (Wildman–Crippen LogP) is 3.83. The van der Waals surface area contributed by atoms with Crippen molar-refractivity contribution in [3.05, 3.63) is 17.7 Å². The largest absolute Gasteiger partial charge is 0.505 e. The minimum Gasteiger partial charge on any atom is -0.505 e. The number of anilines is 2. The number of phenols is 1. The maximum atomic E-state index is 12.3. The van der Waals surface area contributed by atoms with Crippen LogP contribution < -0.4 is 11.1 Å². The SMILES string of the molecule is CCCCCC(CC)C(=O)Nc1ccc(N)c(O)c1C. The number of nitrogens with one attached hydrogen (secondary N) is 1. The normalized spacial score (nSPS) is 12.2. The lowest BCUT2D eigenvalue weighted by Crippen LogP contribution is -2.22. The van der Waals surface area contributed by atoms with Crippen LogP contribution in [0.3, 0.4) is 0 Å². The van der Waals surface area contributed by atoms with Gasteiger partial charge in [0, 0.05) is 17.2 Å². The Kier molecular flexibility index (Phi) is 6.36. The highest BCUT2D eigenvalue weighted by Crippen LogP contribution is 2.31. The van der Waals surface area contributed by atoms with Gasteiger partial charge in [-0.1, -0.05) is 33.1 Å². The highest BCUT2D eigenvalue weighted by atomic mass is 16.3. The standard InChI is InChI=1S/C16H26N2O2/c1-4-6-7-8-12(5-2)16(20)18-14-10-9-13(17)15(19)11(14)3/h9-10,12,19H,4-8,17H2,1-3H3,(H,18,20). The molecule has 20 heavy (non-hydrogen) atoms. The van der Waals surface area contributed by atoms with Gasteiger partial charge in [-0.3, -0.25) is 4.79 Å².